The van der Waals surface area contributed by atoms with Gasteiger partial charge in [-0.1, -0.05) is 29.8 Å². The van der Waals surface area contributed by atoms with E-state index in [2.05, 4.69) is 5.32 Å². The lowest BCUT2D eigenvalue weighted by atomic mass is 10.1. The Balaban J connectivity index is 0.00000364. The van der Waals surface area contributed by atoms with E-state index in [0.29, 0.717) is 23.8 Å². The summed E-state index contributed by atoms with van der Waals surface area (Å²) in [5.41, 5.74) is 6.78. The van der Waals surface area contributed by atoms with Gasteiger partial charge in [0.05, 0.1) is 4.92 Å². The molecule has 0 bridgehead atoms. The Bertz CT molecular complexity index is 817. The highest BCUT2D eigenvalue weighted by atomic mass is 35.5. The SMILES string of the molecule is CC(CN)N(C)C(=O)c1ccc(NCc2ccccc2Cl)c([N+](=O)[O-])c1.Cl. The number of nitrogens with zero attached hydrogens (tertiary/aromatic N) is 2. The molecule has 0 saturated heterocycles. The molecular formula is C18H22Cl2N4O3. The highest BCUT2D eigenvalue weighted by molar-refractivity contribution is 6.31. The van der Waals surface area contributed by atoms with Crippen LogP contribution in [0.15, 0.2) is 42.5 Å². The first-order valence-corrected chi connectivity index (χ1v) is 8.46. The molecule has 146 valence electrons. The molecule has 2 aromatic rings. The minimum absolute atomic E-state index is 0. The summed E-state index contributed by atoms with van der Waals surface area (Å²) in [6.45, 7) is 2.45. The van der Waals surface area contributed by atoms with Crippen LogP contribution in [0.1, 0.15) is 22.8 Å². The summed E-state index contributed by atoms with van der Waals surface area (Å²) in [5.74, 6) is -0.316. The fourth-order valence-electron chi connectivity index (χ4n) is 2.36. The van der Waals surface area contributed by atoms with E-state index in [9.17, 15) is 14.9 Å². The van der Waals surface area contributed by atoms with Crippen molar-refractivity contribution in [2.24, 2.45) is 5.73 Å². The molecule has 0 aromatic heterocycles. The third-order valence-electron chi connectivity index (χ3n) is 4.19. The van der Waals surface area contributed by atoms with Gasteiger partial charge in [0.15, 0.2) is 0 Å². The van der Waals surface area contributed by atoms with E-state index in [1.54, 1.807) is 19.2 Å². The Morgan fingerprint density at radius 1 is 1.33 bits per heavy atom. The number of hydrogen-bond donors (Lipinski definition) is 2. The number of rotatable bonds is 7. The second kappa shape index (κ2) is 10.1. The van der Waals surface area contributed by atoms with Crippen LogP contribution in [0.25, 0.3) is 0 Å². The van der Waals surface area contributed by atoms with E-state index in [-0.39, 0.29) is 35.6 Å². The molecule has 2 aromatic carbocycles. The average molecular weight is 413 g/mol. The number of carbonyl (C=O) groups is 1. The zero-order valence-electron chi connectivity index (χ0n) is 15.0. The normalized spacial score (nSPS) is 11.3. The van der Waals surface area contributed by atoms with Gasteiger partial charge >= 0.3 is 0 Å². The van der Waals surface area contributed by atoms with Crippen molar-refractivity contribution in [1.29, 1.82) is 0 Å². The summed E-state index contributed by atoms with van der Waals surface area (Å²) < 4.78 is 0. The number of nitro benzene ring substituents is 1. The van der Waals surface area contributed by atoms with Crippen molar-refractivity contribution in [3.63, 3.8) is 0 Å². The van der Waals surface area contributed by atoms with Crippen LogP contribution >= 0.6 is 24.0 Å². The summed E-state index contributed by atoms with van der Waals surface area (Å²) in [6, 6.07) is 11.4. The van der Waals surface area contributed by atoms with E-state index in [0.717, 1.165) is 5.56 Å². The first-order chi connectivity index (χ1) is 12.3. The lowest BCUT2D eigenvalue weighted by molar-refractivity contribution is -0.384. The van der Waals surface area contributed by atoms with Crippen molar-refractivity contribution >= 4 is 41.3 Å². The van der Waals surface area contributed by atoms with Crippen LogP contribution in [-0.4, -0.2) is 35.4 Å². The summed E-state index contributed by atoms with van der Waals surface area (Å²) in [6.07, 6.45) is 0. The maximum Gasteiger partial charge on any atom is 0.293 e. The van der Waals surface area contributed by atoms with Crippen LogP contribution in [0.5, 0.6) is 0 Å². The molecule has 1 atom stereocenters. The molecule has 0 heterocycles. The van der Waals surface area contributed by atoms with Crippen molar-refractivity contribution in [3.05, 3.63) is 68.7 Å². The zero-order valence-corrected chi connectivity index (χ0v) is 16.6. The van der Waals surface area contributed by atoms with Crippen molar-refractivity contribution in [1.82, 2.24) is 4.90 Å². The molecule has 1 amide bonds. The van der Waals surface area contributed by atoms with Gasteiger partial charge < -0.3 is 16.0 Å². The smallest absolute Gasteiger partial charge is 0.293 e. The molecule has 0 aliphatic heterocycles. The van der Waals surface area contributed by atoms with Crippen LogP contribution in [-0.2, 0) is 6.54 Å². The fraction of sp³-hybridized carbons (Fsp3) is 0.278. The molecule has 1 unspecified atom stereocenters. The van der Waals surface area contributed by atoms with Crippen LogP contribution in [0.3, 0.4) is 0 Å². The predicted molar refractivity (Wildman–Crippen MR) is 110 cm³/mol. The number of amides is 1. The van der Waals surface area contributed by atoms with E-state index in [4.69, 9.17) is 17.3 Å². The van der Waals surface area contributed by atoms with Crippen molar-refractivity contribution in [2.75, 3.05) is 18.9 Å². The van der Waals surface area contributed by atoms with Gasteiger partial charge in [-0.25, -0.2) is 0 Å². The first kappa shape index (κ1) is 22.7. The zero-order chi connectivity index (χ0) is 19.3. The Morgan fingerprint density at radius 3 is 2.59 bits per heavy atom. The Hall–Kier alpha value is -2.35. The molecule has 2 rings (SSSR count). The minimum Gasteiger partial charge on any atom is -0.375 e. The number of nitrogens with one attached hydrogen (secondary N) is 1. The largest absolute Gasteiger partial charge is 0.375 e. The molecular weight excluding hydrogens is 391 g/mol. The predicted octanol–water partition coefficient (Wildman–Crippen LogP) is 3.70. The van der Waals surface area contributed by atoms with Gasteiger partial charge in [0, 0.05) is 42.8 Å². The van der Waals surface area contributed by atoms with E-state index >= 15 is 0 Å². The van der Waals surface area contributed by atoms with Crippen molar-refractivity contribution in [3.8, 4) is 0 Å². The number of halogens is 2. The number of nitrogens with two attached hydrogens (primary N) is 1. The molecule has 0 fully saturated rings. The number of likely N-dealkylation sites (N-methyl/N-ethyl adjacent to an activating group) is 1. The molecule has 0 aliphatic rings. The monoisotopic (exact) mass is 412 g/mol. The summed E-state index contributed by atoms with van der Waals surface area (Å²) in [4.78, 5) is 24.8. The van der Waals surface area contributed by atoms with Crippen molar-refractivity contribution < 1.29 is 9.72 Å². The van der Waals surface area contributed by atoms with Crippen LogP contribution < -0.4 is 11.1 Å². The minimum atomic E-state index is -0.516. The summed E-state index contributed by atoms with van der Waals surface area (Å²) in [7, 11) is 1.62. The van der Waals surface area contributed by atoms with E-state index in [1.165, 1.54) is 17.0 Å². The van der Waals surface area contributed by atoms with Gasteiger partial charge in [-0.15, -0.1) is 12.4 Å². The first-order valence-electron chi connectivity index (χ1n) is 8.08. The van der Waals surface area contributed by atoms with Crippen molar-refractivity contribution in [2.45, 2.75) is 19.5 Å². The molecule has 0 spiro atoms. The number of benzene rings is 2. The summed E-state index contributed by atoms with van der Waals surface area (Å²) in [5, 5.41) is 15.0. The molecule has 7 nitrogen and oxygen atoms in total. The maximum atomic E-state index is 12.5. The van der Waals surface area contributed by atoms with Gasteiger partial charge in [-0.3, -0.25) is 14.9 Å². The highest BCUT2D eigenvalue weighted by Gasteiger charge is 2.21. The number of hydrogen-bond acceptors (Lipinski definition) is 5. The van der Waals surface area contributed by atoms with Gasteiger partial charge in [0.1, 0.15) is 5.69 Å². The number of anilines is 1. The van der Waals surface area contributed by atoms with Gasteiger partial charge in [-0.05, 0) is 30.7 Å². The Morgan fingerprint density at radius 2 is 2.00 bits per heavy atom. The van der Waals surface area contributed by atoms with Crippen LogP contribution in [0.2, 0.25) is 5.02 Å². The molecule has 0 aliphatic carbocycles. The quantitative estimate of drug-likeness (QED) is 0.532. The molecule has 0 radical (unpaired) electrons. The lowest BCUT2D eigenvalue weighted by Crippen LogP contribution is -2.39. The second-order valence-corrected chi connectivity index (χ2v) is 6.34. The molecule has 3 N–H and O–H groups in total. The fourth-order valence-corrected chi connectivity index (χ4v) is 2.56. The van der Waals surface area contributed by atoms with E-state index in [1.807, 2.05) is 25.1 Å². The Kier molecular flexibility index (Phi) is 8.49. The van der Waals surface area contributed by atoms with Gasteiger partial charge in [0.2, 0.25) is 0 Å². The third kappa shape index (κ3) is 5.56. The average Bonchev–Trinajstić information content (AvgIpc) is 2.65. The lowest BCUT2D eigenvalue weighted by Gasteiger charge is -2.23. The molecule has 9 heteroatoms. The maximum absolute atomic E-state index is 12.5. The van der Waals surface area contributed by atoms with Gasteiger partial charge in [-0.2, -0.15) is 0 Å². The van der Waals surface area contributed by atoms with E-state index < -0.39 is 4.92 Å². The van der Waals surface area contributed by atoms with Crippen LogP contribution in [0.4, 0.5) is 11.4 Å². The van der Waals surface area contributed by atoms with Crippen LogP contribution in [0, 0.1) is 10.1 Å². The number of carbonyl (C=O) groups excluding carboxylic acids is 1. The summed E-state index contributed by atoms with van der Waals surface area (Å²) >= 11 is 6.10. The Labute approximate surface area is 169 Å². The molecule has 0 saturated carbocycles. The standard InChI is InChI=1S/C18H21ClN4O3.ClH/c1-12(10-20)22(2)18(24)13-7-8-16(17(9-13)23(25)26)21-11-14-5-3-4-6-15(14)19;/h3-9,12,21H,10-11,20H2,1-2H3;1H. The molecule has 27 heavy (non-hydrogen) atoms. The number of nitro groups is 1. The van der Waals surface area contributed by atoms with Gasteiger partial charge in [0.25, 0.3) is 11.6 Å². The third-order valence-corrected chi connectivity index (χ3v) is 4.56. The second-order valence-electron chi connectivity index (χ2n) is 5.93. The topological polar surface area (TPSA) is 102 Å². The highest BCUT2D eigenvalue weighted by Crippen LogP contribution is 2.27.